The van der Waals surface area contributed by atoms with Gasteiger partial charge in [-0.2, -0.15) is 16.3 Å². The molecule has 0 saturated carbocycles. The molecule has 0 aliphatic rings. The first kappa shape index (κ1) is 12.4. The molecule has 0 radical (unpaired) electrons. The Morgan fingerprint density at radius 2 is 2.11 bits per heavy atom. The third-order valence-electron chi connectivity index (χ3n) is 2.77. The Bertz CT molecular complexity index is 735. The van der Waals surface area contributed by atoms with Gasteiger partial charge in [0.1, 0.15) is 0 Å². The number of hydrogen-bond acceptors (Lipinski definition) is 5. The predicted molar refractivity (Wildman–Crippen MR) is 79.9 cm³/mol. The summed E-state index contributed by atoms with van der Waals surface area (Å²) >= 11 is 4.99. The number of thiophene rings is 1. The summed E-state index contributed by atoms with van der Waals surface area (Å²) in [6.07, 6.45) is 0. The van der Waals surface area contributed by atoms with E-state index in [1.807, 2.05) is 30.5 Å². The summed E-state index contributed by atoms with van der Waals surface area (Å²) in [6, 6.07) is 5.57. The topological polar surface area (TPSA) is 64.9 Å². The summed E-state index contributed by atoms with van der Waals surface area (Å²) in [4.78, 5) is 4.41. The molecule has 0 fully saturated rings. The maximum absolute atomic E-state index is 5.96. The van der Waals surface area contributed by atoms with E-state index in [9.17, 15) is 0 Å². The lowest BCUT2D eigenvalue weighted by Crippen LogP contribution is -1.90. The molecule has 1 aromatic carbocycles. The predicted octanol–water partition coefficient (Wildman–Crippen LogP) is 4.12. The third kappa shape index (κ3) is 2.29. The van der Waals surface area contributed by atoms with Gasteiger partial charge in [0.25, 0.3) is 5.89 Å². The zero-order valence-corrected chi connectivity index (χ0v) is 12.5. The number of rotatable bonds is 2. The van der Waals surface area contributed by atoms with Crippen LogP contribution >= 0.6 is 27.3 Å². The number of halogens is 1. The Morgan fingerprint density at radius 1 is 1.26 bits per heavy atom. The molecule has 2 aromatic heterocycles. The number of nitrogens with two attached hydrogens (primary N) is 1. The van der Waals surface area contributed by atoms with Crippen molar-refractivity contribution < 1.29 is 4.52 Å². The minimum atomic E-state index is 0.436. The zero-order valence-electron chi connectivity index (χ0n) is 10.1. The van der Waals surface area contributed by atoms with Crippen LogP contribution in [0.25, 0.3) is 22.8 Å². The summed E-state index contributed by atoms with van der Waals surface area (Å²) in [5, 5.41) is 8.08. The molecule has 0 atom stereocenters. The number of hydrogen-bond donors (Lipinski definition) is 1. The van der Waals surface area contributed by atoms with E-state index >= 15 is 0 Å². The molecule has 0 spiro atoms. The number of nitrogens with zero attached hydrogens (tertiary/aromatic N) is 2. The lowest BCUT2D eigenvalue weighted by Gasteiger charge is -2.00. The summed E-state index contributed by atoms with van der Waals surface area (Å²) in [7, 11) is 0. The summed E-state index contributed by atoms with van der Waals surface area (Å²) in [6.45, 7) is 2.02. The highest BCUT2D eigenvalue weighted by Gasteiger charge is 2.14. The van der Waals surface area contributed by atoms with Gasteiger partial charge in [-0.1, -0.05) is 21.1 Å². The molecule has 6 heteroatoms. The standard InChI is InChI=1S/C13H10BrN3OS/c1-7-5-19-6-10(7)12-16-13(18-17-12)9-3-2-8(14)4-11(9)15/h2-6H,15H2,1H3. The molecule has 0 aliphatic heterocycles. The number of aromatic nitrogens is 2. The van der Waals surface area contributed by atoms with Crippen LogP contribution in [0.1, 0.15) is 5.56 Å². The highest BCUT2D eigenvalue weighted by Crippen LogP contribution is 2.30. The van der Waals surface area contributed by atoms with Gasteiger partial charge >= 0.3 is 0 Å². The molecule has 3 aromatic rings. The molecule has 0 bridgehead atoms. The molecule has 3 rings (SSSR count). The van der Waals surface area contributed by atoms with E-state index in [2.05, 4.69) is 31.5 Å². The fourth-order valence-corrected chi connectivity index (χ4v) is 2.97. The van der Waals surface area contributed by atoms with Crippen molar-refractivity contribution >= 4 is 33.0 Å². The number of benzene rings is 1. The van der Waals surface area contributed by atoms with Crippen molar-refractivity contribution in [3.63, 3.8) is 0 Å². The highest BCUT2D eigenvalue weighted by atomic mass is 79.9. The Labute approximate surface area is 122 Å². The van der Waals surface area contributed by atoms with Crippen molar-refractivity contribution in [3.05, 3.63) is 39.0 Å². The van der Waals surface area contributed by atoms with Crippen LogP contribution in [0.5, 0.6) is 0 Å². The first-order chi connectivity index (χ1) is 9.15. The van der Waals surface area contributed by atoms with Gasteiger partial charge in [0.05, 0.1) is 5.56 Å². The largest absolute Gasteiger partial charge is 0.398 e. The van der Waals surface area contributed by atoms with Crippen molar-refractivity contribution in [3.8, 4) is 22.8 Å². The molecule has 0 unspecified atom stereocenters. The van der Waals surface area contributed by atoms with Gasteiger partial charge in [0, 0.05) is 21.1 Å². The van der Waals surface area contributed by atoms with Crippen LogP contribution in [-0.4, -0.2) is 10.1 Å². The van der Waals surface area contributed by atoms with Gasteiger partial charge < -0.3 is 10.3 Å². The molecule has 0 aliphatic carbocycles. The van der Waals surface area contributed by atoms with Crippen LogP contribution in [0.2, 0.25) is 0 Å². The number of nitrogen functional groups attached to an aromatic ring is 1. The van der Waals surface area contributed by atoms with Crippen LogP contribution in [-0.2, 0) is 0 Å². The second-order valence-electron chi connectivity index (χ2n) is 4.12. The van der Waals surface area contributed by atoms with E-state index in [0.29, 0.717) is 17.4 Å². The van der Waals surface area contributed by atoms with Crippen molar-refractivity contribution in [1.29, 1.82) is 0 Å². The molecule has 0 saturated heterocycles. The Hall–Kier alpha value is -1.66. The molecule has 2 heterocycles. The molecular formula is C13H10BrN3OS. The quantitative estimate of drug-likeness (QED) is 0.715. The van der Waals surface area contributed by atoms with Crippen molar-refractivity contribution in [1.82, 2.24) is 10.1 Å². The van der Waals surface area contributed by atoms with Crippen LogP contribution in [0.3, 0.4) is 0 Å². The van der Waals surface area contributed by atoms with Crippen LogP contribution < -0.4 is 5.73 Å². The van der Waals surface area contributed by atoms with Gasteiger partial charge in [-0.05, 0) is 36.1 Å². The van der Waals surface area contributed by atoms with Crippen molar-refractivity contribution in [2.24, 2.45) is 0 Å². The average molecular weight is 336 g/mol. The van der Waals surface area contributed by atoms with Gasteiger partial charge in [0.2, 0.25) is 5.82 Å². The monoisotopic (exact) mass is 335 g/mol. The number of anilines is 1. The number of aryl methyl sites for hydroxylation is 1. The summed E-state index contributed by atoms with van der Waals surface area (Å²) in [5.41, 5.74) is 9.44. The first-order valence-corrected chi connectivity index (χ1v) is 7.31. The van der Waals surface area contributed by atoms with E-state index in [1.54, 1.807) is 11.3 Å². The van der Waals surface area contributed by atoms with E-state index < -0.39 is 0 Å². The van der Waals surface area contributed by atoms with E-state index in [-0.39, 0.29) is 0 Å². The Morgan fingerprint density at radius 3 is 2.79 bits per heavy atom. The molecule has 2 N–H and O–H groups in total. The maximum Gasteiger partial charge on any atom is 0.260 e. The van der Waals surface area contributed by atoms with Crippen LogP contribution in [0, 0.1) is 6.92 Å². The van der Waals surface area contributed by atoms with Gasteiger partial charge in [-0.3, -0.25) is 0 Å². The minimum absolute atomic E-state index is 0.436. The normalized spacial score (nSPS) is 10.8. The lowest BCUT2D eigenvalue weighted by molar-refractivity contribution is 0.432. The van der Waals surface area contributed by atoms with Crippen LogP contribution in [0.4, 0.5) is 5.69 Å². The fraction of sp³-hybridized carbons (Fsp3) is 0.0769. The molecular weight excluding hydrogens is 326 g/mol. The minimum Gasteiger partial charge on any atom is -0.398 e. The van der Waals surface area contributed by atoms with Gasteiger partial charge in [-0.15, -0.1) is 0 Å². The van der Waals surface area contributed by atoms with Gasteiger partial charge in [0.15, 0.2) is 0 Å². The maximum atomic E-state index is 5.96. The fourth-order valence-electron chi connectivity index (χ4n) is 1.76. The van der Waals surface area contributed by atoms with E-state index in [4.69, 9.17) is 10.3 Å². The SMILES string of the molecule is Cc1cscc1-c1noc(-c2ccc(Br)cc2N)n1. The second-order valence-corrected chi connectivity index (χ2v) is 5.78. The zero-order chi connectivity index (χ0) is 13.4. The van der Waals surface area contributed by atoms with E-state index in [1.165, 1.54) is 0 Å². The van der Waals surface area contributed by atoms with Crippen molar-refractivity contribution in [2.75, 3.05) is 5.73 Å². The summed E-state index contributed by atoms with van der Waals surface area (Å²) in [5.74, 6) is 1.03. The van der Waals surface area contributed by atoms with Crippen LogP contribution in [0.15, 0.2) is 38.0 Å². The average Bonchev–Trinajstić information content (AvgIpc) is 2.97. The van der Waals surface area contributed by atoms with E-state index in [0.717, 1.165) is 21.2 Å². The Kier molecular flexibility index (Phi) is 3.12. The molecule has 19 heavy (non-hydrogen) atoms. The molecule has 96 valence electrons. The first-order valence-electron chi connectivity index (χ1n) is 5.57. The molecule has 4 nitrogen and oxygen atoms in total. The smallest absolute Gasteiger partial charge is 0.260 e. The third-order valence-corrected chi connectivity index (χ3v) is 4.12. The molecule has 0 amide bonds. The van der Waals surface area contributed by atoms with Crippen molar-refractivity contribution in [2.45, 2.75) is 6.92 Å². The Balaban J connectivity index is 2.04. The summed E-state index contributed by atoms with van der Waals surface area (Å²) < 4.78 is 6.22. The highest BCUT2D eigenvalue weighted by molar-refractivity contribution is 9.10. The lowest BCUT2D eigenvalue weighted by atomic mass is 10.2. The second kappa shape index (κ2) is 4.79. The van der Waals surface area contributed by atoms with Gasteiger partial charge in [-0.25, -0.2) is 0 Å².